The standard InChI is InChI=1S/C17H22N4O3/c18-11-12-5-3-4-9-20(12)15(22)8-10-21-17(24)14-7-2-1-6-13(14)16(23)19-21/h1-2,6-7,12H,3-5,8-11,18H2,(H,19,23). The number of nitrogens with zero attached hydrogens (tertiary/aromatic N) is 2. The van der Waals surface area contributed by atoms with Gasteiger partial charge in [-0.2, -0.15) is 0 Å². The number of carbonyl (C=O) groups is 1. The van der Waals surface area contributed by atoms with Gasteiger partial charge in [0.2, 0.25) is 5.91 Å². The molecule has 1 aliphatic heterocycles. The molecule has 0 bridgehead atoms. The molecule has 1 saturated heterocycles. The number of nitrogens with one attached hydrogen (secondary N) is 1. The van der Waals surface area contributed by atoms with Gasteiger partial charge in [0.1, 0.15) is 0 Å². The van der Waals surface area contributed by atoms with Crippen LogP contribution in [0, 0.1) is 0 Å². The number of piperidine rings is 1. The fourth-order valence-corrected chi connectivity index (χ4v) is 3.33. The summed E-state index contributed by atoms with van der Waals surface area (Å²) in [6.45, 7) is 1.33. The summed E-state index contributed by atoms with van der Waals surface area (Å²) in [6.07, 6.45) is 3.16. The number of rotatable bonds is 4. The topological polar surface area (TPSA) is 101 Å². The summed E-state index contributed by atoms with van der Waals surface area (Å²) < 4.78 is 1.23. The molecule has 1 atom stereocenters. The van der Waals surface area contributed by atoms with E-state index in [2.05, 4.69) is 5.10 Å². The second-order valence-corrected chi connectivity index (χ2v) is 6.17. The van der Waals surface area contributed by atoms with Gasteiger partial charge >= 0.3 is 0 Å². The maximum atomic E-state index is 12.5. The molecule has 3 rings (SSSR count). The molecule has 0 saturated carbocycles. The maximum Gasteiger partial charge on any atom is 0.273 e. The van der Waals surface area contributed by atoms with Crippen LogP contribution in [0.1, 0.15) is 25.7 Å². The van der Waals surface area contributed by atoms with Crippen LogP contribution in [0.4, 0.5) is 0 Å². The second-order valence-electron chi connectivity index (χ2n) is 6.17. The number of benzene rings is 1. The normalized spacial score (nSPS) is 18.0. The van der Waals surface area contributed by atoms with E-state index in [1.807, 2.05) is 4.90 Å². The fraction of sp³-hybridized carbons (Fsp3) is 0.471. The van der Waals surface area contributed by atoms with E-state index < -0.39 is 0 Å². The van der Waals surface area contributed by atoms with Crippen LogP contribution in [-0.2, 0) is 11.3 Å². The van der Waals surface area contributed by atoms with E-state index in [-0.39, 0.29) is 36.0 Å². The van der Waals surface area contributed by atoms with Crippen molar-refractivity contribution in [2.24, 2.45) is 5.73 Å². The lowest BCUT2D eigenvalue weighted by Crippen LogP contribution is -2.47. The second kappa shape index (κ2) is 7.00. The molecule has 1 unspecified atom stereocenters. The van der Waals surface area contributed by atoms with Gasteiger partial charge < -0.3 is 10.6 Å². The Bertz CT molecular complexity index is 855. The van der Waals surface area contributed by atoms with Gasteiger partial charge in [-0.3, -0.25) is 19.5 Å². The summed E-state index contributed by atoms with van der Waals surface area (Å²) in [4.78, 5) is 38.8. The molecule has 1 amide bonds. The first kappa shape index (κ1) is 16.4. The number of amides is 1. The zero-order valence-electron chi connectivity index (χ0n) is 13.5. The summed E-state index contributed by atoms with van der Waals surface area (Å²) in [7, 11) is 0. The Balaban J connectivity index is 1.78. The van der Waals surface area contributed by atoms with Crippen LogP contribution in [0.15, 0.2) is 33.9 Å². The Labute approximate surface area is 139 Å². The number of aromatic amines is 1. The van der Waals surface area contributed by atoms with E-state index in [0.717, 1.165) is 19.3 Å². The van der Waals surface area contributed by atoms with Crippen LogP contribution in [0.25, 0.3) is 10.8 Å². The molecule has 7 heteroatoms. The van der Waals surface area contributed by atoms with Gasteiger partial charge in [-0.25, -0.2) is 4.68 Å². The van der Waals surface area contributed by atoms with Crippen molar-refractivity contribution in [3.05, 3.63) is 45.0 Å². The molecule has 1 aromatic heterocycles. The van der Waals surface area contributed by atoms with Crippen LogP contribution in [0.2, 0.25) is 0 Å². The van der Waals surface area contributed by atoms with Gasteiger partial charge in [0.25, 0.3) is 11.1 Å². The number of fused-ring (bicyclic) bond motifs is 1. The van der Waals surface area contributed by atoms with Gasteiger partial charge in [0, 0.05) is 25.6 Å². The molecule has 1 aromatic carbocycles. The Kier molecular flexibility index (Phi) is 4.80. The van der Waals surface area contributed by atoms with E-state index >= 15 is 0 Å². The van der Waals surface area contributed by atoms with Gasteiger partial charge in [0.15, 0.2) is 0 Å². The molecule has 3 N–H and O–H groups in total. The third kappa shape index (κ3) is 3.12. The first-order valence-corrected chi connectivity index (χ1v) is 8.33. The van der Waals surface area contributed by atoms with Crippen molar-refractivity contribution < 1.29 is 4.79 Å². The Morgan fingerprint density at radius 2 is 1.96 bits per heavy atom. The lowest BCUT2D eigenvalue weighted by molar-refractivity contribution is -0.134. The Hall–Kier alpha value is -2.41. The molecule has 0 radical (unpaired) electrons. The highest BCUT2D eigenvalue weighted by atomic mass is 16.2. The predicted octanol–water partition coefficient (Wildman–Crippen LogP) is 0.420. The molecule has 0 spiro atoms. The number of aromatic nitrogens is 2. The largest absolute Gasteiger partial charge is 0.338 e. The summed E-state index contributed by atoms with van der Waals surface area (Å²) in [5, 5.41) is 3.29. The highest BCUT2D eigenvalue weighted by Gasteiger charge is 2.25. The van der Waals surface area contributed by atoms with Gasteiger partial charge in [0.05, 0.1) is 17.3 Å². The van der Waals surface area contributed by atoms with Crippen LogP contribution in [-0.4, -0.2) is 39.7 Å². The number of nitrogens with two attached hydrogens (primary N) is 1. The molecule has 2 aromatic rings. The zero-order valence-corrected chi connectivity index (χ0v) is 13.5. The van der Waals surface area contributed by atoms with Crippen molar-refractivity contribution in [2.75, 3.05) is 13.1 Å². The van der Waals surface area contributed by atoms with E-state index in [9.17, 15) is 14.4 Å². The summed E-state index contributed by atoms with van der Waals surface area (Å²) in [5.74, 6) is -0.0222. The minimum absolute atomic E-state index is 0.0222. The maximum absolute atomic E-state index is 12.5. The summed E-state index contributed by atoms with van der Waals surface area (Å²) >= 11 is 0. The molecule has 128 valence electrons. The van der Waals surface area contributed by atoms with Crippen molar-refractivity contribution in [1.82, 2.24) is 14.7 Å². The lowest BCUT2D eigenvalue weighted by Gasteiger charge is -2.35. The molecule has 0 aliphatic carbocycles. The number of likely N-dealkylation sites (tertiary alicyclic amines) is 1. The first-order valence-electron chi connectivity index (χ1n) is 8.33. The number of hydrogen-bond donors (Lipinski definition) is 2. The molecule has 1 fully saturated rings. The van der Waals surface area contributed by atoms with Gasteiger partial charge in [-0.15, -0.1) is 0 Å². The highest BCUT2D eigenvalue weighted by Crippen LogP contribution is 2.17. The minimum Gasteiger partial charge on any atom is -0.338 e. The molecule has 7 nitrogen and oxygen atoms in total. The van der Waals surface area contributed by atoms with Gasteiger partial charge in [-0.05, 0) is 31.4 Å². The average Bonchev–Trinajstić information content (AvgIpc) is 2.63. The molecule has 1 aliphatic rings. The van der Waals surface area contributed by atoms with Crippen molar-refractivity contribution >= 4 is 16.7 Å². The number of hydrogen-bond acceptors (Lipinski definition) is 4. The van der Waals surface area contributed by atoms with Crippen molar-refractivity contribution in [3.63, 3.8) is 0 Å². The third-order valence-corrected chi connectivity index (χ3v) is 4.65. The third-order valence-electron chi connectivity index (χ3n) is 4.65. The SMILES string of the molecule is NCC1CCCCN1C(=O)CCn1[nH]c(=O)c2ccccc2c1=O. The number of H-pyrrole nitrogens is 1. The van der Waals surface area contributed by atoms with Crippen LogP contribution >= 0.6 is 0 Å². The zero-order chi connectivity index (χ0) is 17.1. The quantitative estimate of drug-likeness (QED) is 0.848. The summed E-state index contributed by atoms with van der Waals surface area (Å²) in [6, 6.07) is 6.76. The van der Waals surface area contributed by atoms with E-state index in [1.165, 1.54) is 4.68 Å². The number of carbonyl (C=O) groups excluding carboxylic acids is 1. The van der Waals surface area contributed by atoms with Crippen molar-refractivity contribution in [1.29, 1.82) is 0 Å². The molecule has 2 heterocycles. The summed E-state index contributed by atoms with van der Waals surface area (Å²) in [5.41, 5.74) is 5.14. The van der Waals surface area contributed by atoms with Crippen molar-refractivity contribution in [3.8, 4) is 0 Å². The Morgan fingerprint density at radius 1 is 1.21 bits per heavy atom. The Morgan fingerprint density at radius 3 is 2.71 bits per heavy atom. The van der Waals surface area contributed by atoms with E-state index in [4.69, 9.17) is 5.73 Å². The fourth-order valence-electron chi connectivity index (χ4n) is 3.33. The molecule has 24 heavy (non-hydrogen) atoms. The van der Waals surface area contributed by atoms with Crippen LogP contribution < -0.4 is 16.9 Å². The monoisotopic (exact) mass is 330 g/mol. The van der Waals surface area contributed by atoms with Crippen LogP contribution in [0.3, 0.4) is 0 Å². The van der Waals surface area contributed by atoms with E-state index in [0.29, 0.717) is 23.9 Å². The number of aryl methyl sites for hydroxylation is 1. The van der Waals surface area contributed by atoms with Gasteiger partial charge in [-0.1, -0.05) is 12.1 Å². The smallest absolute Gasteiger partial charge is 0.273 e. The predicted molar refractivity (Wildman–Crippen MR) is 91.9 cm³/mol. The van der Waals surface area contributed by atoms with E-state index in [1.54, 1.807) is 24.3 Å². The lowest BCUT2D eigenvalue weighted by atomic mass is 10.0. The molecular formula is C17H22N4O3. The minimum atomic E-state index is -0.324. The van der Waals surface area contributed by atoms with Crippen molar-refractivity contribution in [2.45, 2.75) is 38.3 Å². The average molecular weight is 330 g/mol. The highest BCUT2D eigenvalue weighted by molar-refractivity contribution is 5.80. The van der Waals surface area contributed by atoms with Crippen LogP contribution in [0.5, 0.6) is 0 Å². The first-order chi connectivity index (χ1) is 11.6. The molecular weight excluding hydrogens is 308 g/mol.